The van der Waals surface area contributed by atoms with Crippen molar-refractivity contribution >= 4 is 17.5 Å². The monoisotopic (exact) mass is 324 g/mol. The molecule has 0 amide bonds. The summed E-state index contributed by atoms with van der Waals surface area (Å²) < 4.78 is 11.0. The molecule has 0 aromatic heterocycles. The number of nitro groups is 1. The molecule has 0 saturated carbocycles. The zero-order valence-electron chi connectivity index (χ0n) is 13.1. The number of nitro benzene ring substituents is 1. The smallest absolute Gasteiger partial charge is 0.269 e. The van der Waals surface area contributed by atoms with Crippen molar-refractivity contribution in [3.05, 3.63) is 76.1 Å². The predicted molar refractivity (Wildman–Crippen MR) is 92.3 cm³/mol. The van der Waals surface area contributed by atoms with Gasteiger partial charge in [0.25, 0.3) is 5.69 Å². The fourth-order valence-electron chi connectivity index (χ4n) is 2.29. The van der Waals surface area contributed by atoms with Crippen LogP contribution < -0.4 is 14.8 Å². The Balaban J connectivity index is 1.67. The molecule has 1 N–H and O–H groups in total. The summed E-state index contributed by atoms with van der Waals surface area (Å²) in [6, 6.07) is 12.0. The molecule has 0 spiro atoms. The van der Waals surface area contributed by atoms with Crippen molar-refractivity contribution in [2.24, 2.45) is 0 Å². The van der Waals surface area contributed by atoms with E-state index in [1.54, 1.807) is 19.2 Å². The topological polar surface area (TPSA) is 73.6 Å². The van der Waals surface area contributed by atoms with Gasteiger partial charge in [-0.3, -0.25) is 10.1 Å². The van der Waals surface area contributed by atoms with Gasteiger partial charge in [0.1, 0.15) is 17.3 Å². The first kappa shape index (κ1) is 15.6. The second-order valence-electron chi connectivity index (χ2n) is 5.16. The summed E-state index contributed by atoms with van der Waals surface area (Å²) in [4.78, 5) is 10.2. The Bertz CT molecular complexity index is 810. The lowest BCUT2D eigenvalue weighted by Crippen LogP contribution is -2.16. The number of non-ortho nitro benzene ring substituents is 1. The number of fused-ring (bicyclic) bond motifs is 1. The van der Waals surface area contributed by atoms with Crippen LogP contribution >= 0.6 is 0 Å². The Morgan fingerprint density at radius 3 is 2.75 bits per heavy atom. The minimum Gasteiger partial charge on any atom is -0.497 e. The van der Waals surface area contributed by atoms with Gasteiger partial charge in [-0.25, -0.2) is 0 Å². The van der Waals surface area contributed by atoms with E-state index in [-0.39, 0.29) is 5.69 Å². The molecule has 0 saturated heterocycles. The molecule has 0 aliphatic carbocycles. The van der Waals surface area contributed by atoms with Crippen molar-refractivity contribution in [3.8, 4) is 11.5 Å². The number of anilines is 1. The molecule has 0 bridgehead atoms. The van der Waals surface area contributed by atoms with Gasteiger partial charge >= 0.3 is 0 Å². The summed E-state index contributed by atoms with van der Waals surface area (Å²) in [5.74, 6) is 2.30. The quantitative estimate of drug-likeness (QED) is 0.679. The number of nitrogens with zero attached hydrogens (tertiary/aromatic N) is 1. The Labute approximate surface area is 139 Å². The van der Waals surface area contributed by atoms with Crippen LogP contribution in [0.25, 0.3) is 6.08 Å². The van der Waals surface area contributed by atoms with Gasteiger partial charge in [0.15, 0.2) is 0 Å². The lowest BCUT2D eigenvalue weighted by molar-refractivity contribution is -0.384. The minimum absolute atomic E-state index is 0.0809. The third-order valence-corrected chi connectivity index (χ3v) is 3.56. The Morgan fingerprint density at radius 1 is 1.25 bits per heavy atom. The van der Waals surface area contributed by atoms with Crippen LogP contribution in [0.3, 0.4) is 0 Å². The number of nitrogens with one attached hydrogen (secondary N) is 1. The minimum atomic E-state index is -0.413. The molecule has 6 nitrogen and oxygen atoms in total. The van der Waals surface area contributed by atoms with Crippen LogP contribution in [0.2, 0.25) is 0 Å². The lowest BCUT2D eigenvalue weighted by Gasteiger charge is -2.21. The largest absolute Gasteiger partial charge is 0.497 e. The van der Waals surface area contributed by atoms with Crippen LogP contribution in [0, 0.1) is 10.1 Å². The van der Waals surface area contributed by atoms with Gasteiger partial charge in [0.2, 0.25) is 0 Å². The predicted octanol–water partition coefficient (Wildman–Crippen LogP) is 4.01. The van der Waals surface area contributed by atoms with Crippen LogP contribution in [-0.4, -0.2) is 18.6 Å². The van der Waals surface area contributed by atoms with Gasteiger partial charge in [-0.1, -0.05) is 12.2 Å². The average Bonchev–Trinajstić information content (AvgIpc) is 2.61. The summed E-state index contributed by atoms with van der Waals surface area (Å²) >= 11 is 0. The van der Waals surface area contributed by atoms with Gasteiger partial charge in [0, 0.05) is 18.2 Å². The summed E-state index contributed by atoms with van der Waals surface area (Å²) in [5.41, 5.74) is 1.86. The zero-order valence-corrected chi connectivity index (χ0v) is 13.1. The van der Waals surface area contributed by atoms with Crippen molar-refractivity contribution < 1.29 is 14.4 Å². The van der Waals surface area contributed by atoms with Gasteiger partial charge in [-0.2, -0.15) is 0 Å². The molecular formula is C18H16N2O4. The first-order valence-corrected chi connectivity index (χ1v) is 7.37. The molecule has 0 radical (unpaired) electrons. The van der Waals surface area contributed by atoms with E-state index in [0.29, 0.717) is 6.54 Å². The van der Waals surface area contributed by atoms with Crippen LogP contribution in [0.4, 0.5) is 11.4 Å². The van der Waals surface area contributed by atoms with E-state index in [4.69, 9.17) is 9.47 Å². The highest BCUT2D eigenvalue weighted by Gasteiger charge is 2.13. The van der Waals surface area contributed by atoms with E-state index in [2.05, 4.69) is 5.32 Å². The maximum absolute atomic E-state index is 10.6. The fraction of sp³-hybridized carbons (Fsp3) is 0.111. The molecular weight excluding hydrogens is 308 g/mol. The van der Waals surface area contributed by atoms with Crippen LogP contribution in [0.1, 0.15) is 5.56 Å². The first-order valence-electron chi connectivity index (χ1n) is 7.37. The molecule has 2 aromatic rings. The highest BCUT2D eigenvalue weighted by atomic mass is 16.6. The number of allylic oxidation sites excluding steroid dienone is 2. The molecule has 0 unspecified atom stereocenters. The molecule has 3 rings (SSSR count). The highest BCUT2D eigenvalue weighted by Crippen LogP contribution is 2.33. The van der Waals surface area contributed by atoms with E-state index in [1.165, 1.54) is 12.1 Å². The Kier molecular flexibility index (Phi) is 4.47. The fourth-order valence-corrected chi connectivity index (χ4v) is 2.29. The second-order valence-corrected chi connectivity index (χ2v) is 5.16. The molecule has 24 heavy (non-hydrogen) atoms. The van der Waals surface area contributed by atoms with Gasteiger partial charge in [0.05, 0.1) is 24.3 Å². The van der Waals surface area contributed by atoms with Crippen molar-refractivity contribution in [1.82, 2.24) is 0 Å². The van der Waals surface area contributed by atoms with E-state index >= 15 is 0 Å². The lowest BCUT2D eigenvalue weighted by atomic mass is 10.2. The van der Waals surface area contributed by atoms with Crippen LogP contribution in [-0.2, 0) is 0 Å². The molecule has 1 heterocycles. The number of hydrogen-bond donors (Lipinski definition) is 1. The van der Waals surface area contributed by atoms with Crippen LogP contribution in [0.15, 0.2) is 60.4 Å². The zero-order chi connectivity index (χ0) is 16.9. The summed E-state index contributed by atoms with van der Waals surface area (Å²) in [6.45, 7) is 0.574. The van der Waals surface area contributed by atoms with Crippen LogP contribution in [0.5, 0.6) is 11.5 Å². The van der Waals surface area contributed by atoms with Crippen molar-refractivity contribution in [2.75, 3.05) is 19.0 Å². The molecule has 0 atom stereocenters. The van der Waals surface area contributed by atoms with Gasteiger partial charge < -0.3 is 14.8 Å². The third-order valence-electron chi connectivity index (χ3n) is 3.56. The maximum Gasteiger partial charge on any atom is 0.269 e. The number of benzene rings is 2. The van der Waals surface area contributed by atoms with Crippen molar-refractivity contribution in [1.29, 1.82) is 0 Å². The maximum atomic E-state index is 10.6. The van der Waals surface area contributed by atoms with Crippen molar-refractivity contribution in [3.63, 3.8) is 0 Å². The SMILES string of the molecule is COc1ccc2c(c1)NC/C(=C/C=C/c1ccc([N+](=O)[O-])cc1)O2. The number of ether oxygens (including phenoxy) is 2. The van der Waals surface area contributed by atoms with E-state index < -0.39 is 4.92 Å². The molecule has 6 heteroatoms. The number of rotatable bonds is 4. The molecule has 2 aromatic carbocycles. The number of hydrogen-bond acceptors (Lipinski definition) is 5. The molecule has 1 aliphatic heterocycles. The summed E-state index contributed by atoms with van der Waals surface area (Å²) in [6.07, 6.45) is 5.58. The molecule has 1 aliphatic rings. The number of methoxy groups -OCH3 is 1. The van der Waals surface area contributed by atoms with E-state index in [0.717, 1.165) is 28.5 Å². The van der Waals surface area contributed by atoms with Gasteiger partial charge in [-0.15, -0.1) is 0 Å². The third kappa shape index (κ3) is 3.55. The van der Waals surface area contributed by atoms with E-state index in [1.807, 2.05) is 36.4 Å². The molecule has 0 fully saturated rings. The normalized spacial score (nSPS) is 14.8. The van der Waals surface area contributed by atoms with E-state index in [9.17, 15) is 10.1 Å². The van der Waals surface area contributed by atoms with Crippen molar-refractivity contribution in [2.45, 2.75) is 0 Å². The van der Waals surface area contributed by atoms with Gasteiger partial charge in [-0.05, 0) is 35.9 Å². The summed E-state index contributed by atoms with van der Waals surface area (Å²) in [7, 11) is 1.62. The Hall–Kier alpha value is -3.28. The highest BCUT2D eigenvalue weighted by molar-refractivity contribution is 5.63. The standard InChI is InChI=1S/C18H16N2O4/c1-23-15-9-10-18-17(11-15)19-12-16(24-18)4-2-3-13-5-7-14(8-6-13)20(21)22/h2-11,19H,12H2,1H3/b3-2+,16-4-. The molecule has 122 valence electrons. The average molecular weight is 324 g/mol. The first-order chi connectivity index (χ1) is 11.7. The second kappa shape index (κ2) is 6.87. The Morgan fingerprint density at radius 2 is 2.04 bits per heavy atom. The summed E-state index contributed by atoms with van der Waals surface area (Å²) in [5, 5.41) is 13.9.